The molecule has 0 radical (unpaired) electrons. The Morgan fingerprint density at radius 1 is 1.43 bits per heavy atom. The SMILES string of the molecule is COCCC(C)NC(=O)c1cccc(C(F)(F)F)c1NN. The van der Waals surface area contributed by atoms with Crippen molar-refractivity contribution in [2.45, 2.75) is 25.6 Å². The summed E-state index contributed by atoms with van der Waals surface area (Å²) in [7, 11) is 1.53. The molecule has 118 valence electrons. The standard InChI is InChI=1S/C13H18F3N3O2/c1-8(6-7-21-2)18-12(20)9-4-3-5-10(11(9)19-17)13(14,15)16/h3-5,8,19H,6-7,17H2,1-2H3,(H,18,20). The fourth-order valence-electron chi connectivity index (χ4n) is 1.80. The van der Waals surface area contributed by atoms with Crippen molar-refractivity contribution in [3.05, 3.63) is 29.3 Å². The van der Waals surface area contributed by atoms with Crippen molar-refractivity contribution in [3.8, 4) is 0 Å². The van der Waals surface area contributed by atoms with E-state index in [4.69, 9.17) is 10.6 Å². The molecule has 0 aliphatic heterocycles. The number of nitrogen functional groups attached to an aromatic ring is 1. The van der Waals surface area contributed by atoms with Crippen LogP contribution in [0.15, 0.2) is 18.2 Å². The van der Waals surface area contributed by atoms with Gasteiger partial charge in [-0.15, -0.1) is 0 Å². The summed E-state index contributed by atoms with van der Waals surface area (Å²) >= 11 is 0. The normalized spacial score (nSPS) is 12.9. The van der Waals surface area contributed by atoms with Crippen LogP contribution in [0.5, 0.6) is 0 Å². The Bertz CT molecular complexity index is 492. The molecule has 0 spiro atoms. The second-order valence-electron chi connectivity index (χ2n) is 4.53. The summed E-state index contributed by atoms with van der Waals surface area (Å²) in [4.78, 5) is 12.1. The molecule has 0 aromatic heterocycles. The highest BCUT2D eigenvalue weighted by Crippen LogP contribution is 2.36. The summed E-state index contributed by atoms with van der Waals surface area (Å²) in [6, 6.07) is 3.07. The number of amides is 1. The monoisotopic (exact) mass is 305 g/mol. The second-order valence-corrected chi connectivity index (χ2v) is 4.53. The number of nitrogens with two attached hydrogens (primary N) is 1. The Labute approximate surface area is 120 Å². The number of methoxy groups -OCH3 is 1. The van der Waals surface area contributed by atoms with Gasteiger partial charge in [-0.05, 0) is 25.5 Å². The lowest BCUT2D eigenvalue weighted by Crippen LogP contribution is -2.34. The zero-order chi connectivity index (χ0) is 16.0. The van der Waals surface area contributed by atoms with Crippen LogP contribution < -0.4 is 16.6 Å². The fourth-order valence-corrected chi connectivity index (χ4v) is 1.80. The number of anilines is 1. The van der Waals surface area contributed by atoms with Crippen molar-refractivity contribution in [1.29, 1.82) is 0 Å². The maximum absolute atomic E-state index is 12.9. The predicted octanol–water partition coefficient (Wildman–Crippen LogP) is 2.15. The summed E-state index contributed by atoms with van der Waals surface area (Å²) < 4.78 is 43.5. The lowest BCUT2D eigenvalue weighted by atomic mass is 10.1. The van der Waals surface area contributed by atoms with Crippen molar-refractivity contribution in [2.24, 2.45) is 5.84 Å². The van der Waals surface area contributed by atoms with Gasteiger partial charge in [0.25, 0.3) is 5.91 Å². The van der Waals surface area contributed by atoms with Gasteiger partial charge in [0.15, 0.2) is 0 Å². The molecule has 0 fully saturated rings. The zero-order valence-corrected chi connectivity index (χ0v) is 11.8. The maximum atomic E-state index is 12.9. The molecule has 0 saturated carbocycles. The number of hydrazine groups is 1. The Kier molecular flexibility index (Phi) is 5.98. The van der Waals surface area contributed by atoms with E-state index in [1.165, 1.54) is 19.2 Å². The largest absolute Gasteiger partial charge is 0.418 e. The fraction of sp³-hybridized carbons (Fsp3) is 0.462. The van der Waals surface area contributed by atoms with E-state index in [0.29, 0.717) is 13.0 Å². The van der Waals surface area contributed by atoms with Gasteiger partial charge in [-0.3, -0.25) is 10.6 Å². The van der Waals surface area contributed by atoms with Crippen molar-refractivity contribution >= 4 is 11.6 Å². The summed E-state index contributed by atoms with van der Waals surface area (Å²) in [5.74, 6) is 4.52. The Morgan fingerprint density at radius 3 is 2.62 bits per heavy atom. The lowest BCUT2D eigenvalue weighted by Gasteiger charge is -2.18. The molecule has 1 atom stereocenters. The lowest BCUT2D eigenvalue weighted by molar-refractivity contribution is -0.137. The number of hydrogen-bond acceptors (Lipinski definition) is 4. The van der Waals surface area contributed by atoms with E-state index in [1.54, 1.807) is 6.92 Å². The molecule has 1 aromatic rings. The van der Waals surface area contributed by atoms with Crippen molar-refractivity contribution < 1.29 is 22.7 Å². The minimum Gasteiger partial charge on any atom is -0.385 e. The van der Waals surface area contributed by atoms with Crippen LogP contribution in [0, 0.1) is 0 Å². The highest BCUT2D eigenvalue weighted by Gasteiger charge is 2.35. The molecule has 0 aliphatic rings. The van der Waals surface area contributed by atoms with Crippen molar-refractivity contribution in [2.75, 3.05) is 19.1 Å². The predicted molar refractivity (Wildman–Crippen MR) is 72.7 cm³/mol. The first-order chi connectivity index (χ1) is 9.81. The molecule has 0 heterocycles. The molecule has 1 rings (SSSR count). The van der Waals surface area contributed by atoms with Gasteiger partial charge >= 0.3 is 6.18 Å². The molecule has 4 N–H and O–H groups in total. The highest BCUT2D eigenvalue weighted by atomic mass is 19.4. The topological polar surface area (TPSA) is 76.4 Å². The van der Waals surface area contributed by atoms with Gasteiger partial charge in [0, 0.05) is 19.8 Å². The molecule has 0 saturated heterocycles. The minimum atomic E-state index is -4.60. The van der Waals surface area contributed by atoms with Gasteiger partial charge in [0.1, 0.15) is 0 Å². The molecule has 1 amide bonds. The average Bonchev–Trinajstić information content (AvgIpc) is 2.43. The second kappa shape index (κ2) is 7.28. The van der Waals surface area contributed by atoms with E-state index < -0.39 is 23.3 Å². The number of para-hydroxylation sites is 1. The van der Waals surface area contributed by atoms with Gasteiger partial charge < -0.3 is 15.5 Å². The van der Waals surface area contributed by atoms with E-state index >= 15 is 0 Å². The van der Waals surface area contributed by atoms with E-state index in [-0.39, 0.29) is 11.6 Å². The van der Waals surface area contributed by atoms with Crippen molar-refractivity contribution in [3.63, 3.8) is 0 Å². The van der Waals surface area contributed by atoms with Crippen LogP contribution in [0.1, 0.15) is 29.3 Å². The Hall–Kier alpha value is -1.80. The van der Waals surface area contributed by atoms with Gasteiger partial charge in [-0.25, -0.2) is 0 Å². The maximum Gasteiger partial charge on any atom is 0.418 e. The molecular formula is C13H18F3N3O2. The molecule has 8 heteroatoms. The number of halogens is 3. The van der Waals surface area contributed by atoms with E-state index in [2.05, 4.69) is 5.32 Å². The smallest absolute Gasteiger partial charge is 0.385 e. The molecule has 5 nitrogen and oxygen atoms in total. The van der Waals surface area contributed by atoms with Crippen LogP contribution in [0.25, 0.3) is 0 Å². The highest BCUT2D eigenvalue weighted by molar-refractivity contribution is 6.00. The summed E-state index contributed by atoms with van der Waals surface area (Å²) in [5, 5.41) is 2.60. The van der Waals surface area contributed by atoms with Gasteiger partial charge in [0.2, 0.25) is 0 Å². The van der Waals surface area contributed by atoms with Crippen LogP contribution in [0.4, 0.5) is 18.9 Å². The Morgan fingerprint density at radius 2 is 2.10 bits per heavy atom. The van der Waals surface area contributed by atoms with E-state index in [0.717, 1.165) is 6.07 Å². The third-order valence-corrected chi connectivity index (χ3v) is 2.89. The number of alkyl halides is 3. The summed E-state index contributed by atoms with van der Waals surface area (Å²) in [5.41, 5.74) is 0.379. The number of carbonyl (C=O) groups is 1. The van der Waals surface area contributed by atoms with Crippen LogP contribution in [0.2, 0.25) is 0 Å². The molecule has 0 aliphatic carbocycles. The summed E-state index contributed by atoms with van der Waals surface area (Å²) in [6.07, 6.45) is -4.05. The third kappa shape index (κ3) is 4.61. The summed E-state index contributed by atoms with van der Waals surface area (Å²) in [6.45, 7) is 2.17. The molecule has 0 bridgehead atoms. The van der Waals surface area contributed by atoms with E-state index in [9.17, 15) is 18.0 Å². The van der Waals surface area contributed by atoms with Crippen LogP contribution >= 0.6 is 0 Å². The molecular weight excluding hydrogens is 287 g/mol. The van der Waals surface area contributed by atoms with Crippen molar-refractivity contribution in [1.82, 2.24) is 5.32 Å². The quantitative estimate of drug-likeness (QED) is 0.556. The first-order valence-electron chi connectivity index (χ1n) is 6.27. The Balaban J connectivity index is 2.99. The van der Waals surface area contributed by atoms with Crippen LogP contribution in [-0.4, -0.2) is 25.7 Å². The number of hydrogen-bond donors (Lipinski definition) is 3. The number of ether oxygens (including phenoxy) is 1. The molecule has 1 unspecified atom stereocenters. The van der Waals surface area contributed by atoms with Gasteiger partial charge in [-0.2, -0.15) is 13.2 Å². The number of carbonyl (C=O) groups excluding carboxylic acids is 1. The number of nitrogens with one attached hydrogen (secondary N) is 2. The zero-order valence-electron chi connectivity index (χ0n) is 11.8. The van der Waals surface area contributed by atoms with E-state index in [1.807, 2.05) is 5.43 Å². The third-order valence-electron chi connectivity index (χ3n) is 2.89. The number of rotatable bonds is 6. The van der Waals surface area contributed by atoms with Crippen LogP contribution in [-0.2, 0) is 10.9 Å². The first-order valence-corrected chi connectivity index (χ1v) is 6.27. The average molecular weight is 305 g/mol. The molecule has 21 heavy (non-hydrogen) atoms. The van der Waals surface area contributed by atoms with Gasteiger partial charge in [-0.1, -0.05) is 6.07 Å². The van der Waals surface area contributed by atoms with Gasteiger partial charge in [0.05, 0.1) is 16.8 Å². The van der Waals surface area contributed by atoms with Crippen LogP contribution in [0.3, 0.4) is 0 Å². The molecule has 1 aromatic carbocycles. The first kappa shape index (κ1) is 17.3. The number of benzene rings is 1. The minimum absolute atomic E-state index is 0.156.